The number of rotatable bonds is 8. The van der Waals surface area contributed by atoms with Crippen molar-refractivity contribution >= 4 is 22.6 Å². The van der Waals surface area contributed by atoms with E-state index in [4.69, 9.17) is 10.5 Å². The molecule has 0 aromatic heterocycles. The van der Waals surface area contributed by atoms with Crippen molar-refractivity contribution in [3.8, 4) is 5.75 Å². The molecule has 134 valence electrons. The number of primary amides is 1. The summed E-state index contributed by atoms with van der Waals surface area (Å²) in [4.78, 5) is 26.3. The van der Waals surface area contributed by atoms with Gasteiger partial charge in [-0.15, -0.1) is 0 Å². The van der Waals surface area contributed by atoms with Gasteiger partial charge >= 0.3 is 5.97 Å². The van der Waals surface area contributed by atoms with Gasteiger partial charge in [-0.2, -0.15) is 0 Å². The molecule has 0 aliphatic carbocycles. The minimum atomic E-state index is -0.787. The molecule has 2 rings (SSSR count). The highest BCUT2D eigenvalue weighted by Gasteiger charge is 2.21. The van der Waals surface area contributed by atoms with Crippen LogP contribution in [0.2, 0.25) is 0 Å². The van der Waals surface area contributed by atoms with Gasteiger partial charge in [-0.05, 0) is 36.3 Å². The van der Waals surface area contributed by atoms with Gasteiger partial charge < -0.3 is 20.5 Å². The molecular formula is C19H24N2O4. The van der Waals surface area contributed by atoms with E-state index in [1.165, 1.54) is 6.07 Å². The topological polar surface area (TPSA) is 92.9 Å². The third-order valence-electron chi connectivity index (χ3n) is 4.23. The summed E-state index contributed by atoms with van der Waals surface area (Å²) in [5.74, 6) is -1.88. The molecule has 0 saturated heterocycles. The Morgan fingerprint density at radius 2 is 1.88 bits per heavy atom. The van der Waals surface area contributed by atoms with E-state index in [1.54, 1.807) is 24.3 Å². The normalized spacial score (nSPS) is 11.0. The Hall–Kier alpha value is -2.60. The number of hydrogen-bond acceptors (Lipinski definition) is 5. The summed E-state index contributed by atoms with van der Waals surface area (Å²) in [7, 11) is 0. The van der Waals surface area contributed by atoms with Crippen molar-refractivity contribution in [1.82, 2.24) is 4.90 Å². The largest absolute Gasteiger partial charge is 0.506 e. The Morgan fingerprint density at radius 1 is 1.20 bits per heavy atom. The number of aromatic hydroxyl groups is 1. The van der Waals surface area contributed by atoms with Crippen LogP contribution in [0.3, 0.4) is 0 Å². The molecule has 25 heavy (non-hydrogen) atoms. The van der Waals surface area contributed by atoms with Gasteiger partial charge in [0, 0.05) is 6.54 Å². The smallest absolute Gasteiger partial charge is 0.341 e. The zero-order valence-electron chi connectivity index (χ0n) is 14.6. The predicted octanol–water partition coefficient (Wildman–Crippen LogP) is 2.53. The van der Waals surface area contributed by atoms with Crippen molar-refractivity contribution in [3.05, 3.63) is 41.5 Å². The molecule has 1 amide bonds. The fraction of sp³-hybridized carbons (Fsp3) is 0.368. The highest BCUT2D eigenvalue weighted by Crippen LogP contribution is 2.31. The van der Waals surface area contributed by atoms with Crippen LogP contribution in [0.25, 0.3) is 10.8 Å². The first kappa shape index (κ1) is 18.7. The Balaban J connectivity index is 2.18. The average molecular weight is 344 g/mol. The van der Waals surface area contributed by atoms with Crippen LogP contribution >= 0.6 is 0 Å². The number of phenols is 1. The zero-order valence-corrected chi connectivity index (χ0v) is 14.6. The average Bonchev–Trinajstić information content (AvgIpc) is 2.60. The van der Waals surface area contributed by atoms with Crippen LogP contribution in [0.15, 0.2) is 30.3 Å². The van der Waals surface area contributed by atoms with Crippen LogP contribution in [0.1, 0.15) is 41.0 Å². The summed E-state index contributed by atoms with van der Waals surface area (Å²) in [6.07, 6.45) is 0.699. The van der Waals surface area contributed by atoms with Crippen molar-refractivity contribution in [3.63, 3.8) is 0 Å². The quantitative estimate of drug-likeness (QED) is 0.567. The number of ether oxygens (including phenoxy) is 1. The van der Waals surface area contributed by atoms with E-state index < -0.39 is 17.6 Å². The minimum absolute atomic E-state index is 0.0460. The Labute approximate surface area is 147 Å². The lowest BCUT2D eigenvalue weighted by Crippen LogP contribution is -2.25. The van der Waals surface area contributed by atoms with Gasteiger partial charge in [0.05, 0.1) is 12.2 Å². The van der Waals surface area contributed by atoms with Gasteiger partial charge in [0.25, 0.3) is 5.91 Å². The first-order valence-electron chi connectivity index (χ1n) is 8.43. The van der Waals surface area contributed by atoms with Crippen LogP contribution in [0, 0.1) is 0 Å². The number of nitrogens with two attached hydrogens (primary N) is 1. The molecule has 0 unspecified atom stereocenters. The standard InChI is InChI=1S/C19H24N2O4/c1-3-21(4-2)10-7-11-25-19(24)15-12-13-8-5-6-9-14(13)16(17(15)22)18(20)23/h5-6,8-9,12,22H,3-4,7,10-11H2,1-2H3,(H2,20,23). The molecular weight excluding hydrogens is 320 g/mol. The van der Waals surface area contributed by atoms with Gasteiger partial charge in [0.15, 0.2) is 0 Å². The predicted molar refractivity (Wildman–Crippen MR) is 96.8 cm³/mol. The van der Waals surface area contributed by atoms with Gasteiger partial charge in [-0.3, -0.25) is 4.79 Å². The van der Waals surface area contributed by atoms with E-state index in [0.717, 1.165) is 19.6 Å². The third-order valence-corrected chi connectivity index (χ3v) is 4.23. The summed E-state index contributed by atoms with van der Waals surface area (Å²) >= 11 is 0. The molecule has 0 heterocycles. The third kappa shape index (κ3) is 4.28. The molecule has 0 atom stereocenters. The molecule has 2 aromatic carbocycles. The zero-order chi connectivity index (χ0) is 18.4. The van der Waals surface area contributed by atoms with E-state index in [0.29, 0.717) is 17.2 Å². The first-order valence-corrected chi connectivity index (χ1v) is 8.43. The highest BCUT2D eigenvalue weighted by molar-refractivity contribution is 6.12. The number of hydrogen-bond donors (Lipinski definition) is 2. The fourth-order valence-corrected chi connectivity index (χ4v) is 2.81. The number of carbonyl (C=O) groups is 2. The molecule has 0 aliphatic heterocycles. The van der Waals surface area contributed by atoms with Gasteiger partial charge in [0.2, 0.25) is 0 Å². The lowest BCUT2D eigenvalue weighted by molar-refractivity contribution is 0.0486. The monoisotopic (exact) mass is 344 g/mol. The summed E-state index contributed by atoms with van der Waals surface area (Å²) in [5.41, 5.74) is 5.27. The molecule has 2 aromatic rings. The molecule has 0 spiro atoms. The number of nitrogens with zero attached hydrogens (tertiary/aromatic N) is 1. The molecule has 6 nitrogen and oxygen atoms in total. The second kappa shape index (κ2) is 8.48. The molecule has 0 aliphatic rings. The van der Waals surface area contributed by atoms with E-state index >= 15 is 0 Å². The molecule has 0 saturated carbocycles. The Morgan fingerprint density at radius 3 is 2.52 bits per heavy atom. The fourth-order valence-electron chi connectivity index (χ4n) is 2.81. The number of benzene rings is 2. The molecule has 0 bridgehead atoms. The first-order chi connectivity index (χ1) is 12.0. The Kier molecular flexibility index (Phi) is 6.36. The van der Waals surface area contributed by atoms with Gasteiger partial charge in [-0.1, -0.05) is 38.1 Å². The molecule has 3 N–H and O–H groups in total. The van der Waals surface area contributed by atoms with Crippen LogP contribution in [0.4, 0.5) is 0 Å². The maximum absolute atomic E-state index is 12.3. The van der Waals surface area contributed by atoms with E-state index in [-0.39, 0.29) is 17.7 Å². The molecule has 0 fully saturated rings. The van der Waals surface area contributed by atoms with Crippen LogP contribution < -0.4 is 5.73 Å². The number of carbonyl (C=O) groups excluding carboxylic acids is 2. The van der Waals surface area contributed by atoms with Crippen molar-refractivity contribution < 1.29 is 19.4 Å². The van der Waals surface area contributed by atoms with Crippen molar-refractivity contribution in [2.75, 3.05) is 26.2 Å². The van der Waals surface area contributed by atoms with Crippen molar-refractivity contribution in [2.24, 2.45) is 5.73 Å². The maximum Gasteiger partial charge on any atom is 0.341 e. The van der Waals surface area contributed by atoms with Crippen molar-refractivity contribution in [2.45, 2.75) is 20.3 Å². The maximum atomic E-state index is 12.3. The molecule has 0 radical (unpaired) electrons. The van der Waals surface area contributed by atoms with Crippen LogP contribution in [0.5, 0.6) is 5.75 Å². The Bertz CT molecular complexity index is 769. The van der Waals surface area contributed by atoms with Gasteiger partial charge in [-0.25, -0.2) is 4.79 Å². The molecule has 6 heteroatoms. The van der Waals surface area contributed by atoms with E-state index in [1.807, 2.05) is 0 Å². The number of amides is 1. The van der Waals surface area contributed by atoms with Gasteiger partial charge in [0.1, 0.15) is 11.3 Å². The summed E-state index contributed by atoms with van der Waals surface area (Å²) in [5, 5.41) is 11.5. The second-order valence-corrected chi connectivity index (χ2v) is 5.75. The van der Waals surface area contributed by atoms with E-state index in [2.05, 4.69) is 18.7 Å². The number of fused-ring (bicyclic) bond motifs is 1. The van der Waals surface area contributed by atoms with Crippen LogP contribution in [-0.2, 0) is 4.74 Å². The SMILES string of the molecule is CCN(CC)CCCOC(=O)c1cc2ccccc2c(C(N)=O)c1O. The van der Waals surface area contributed by atoms with Crippen LogP contribution in [-0.4, -0.2) is 48.1 Å². The van der Waals surface area contributed by atoms with Crippen molar-refractivity contribution in [1.29, 1.82) is 0 Å². The summed E-state index contributed by atoms with van der Waals surface area (Å²) in [6.45, 7) is 7.11. The lowest BCUT2D eigenvalue weighted by Gasteiger charge is -2.17. The van der Waals surface area contributed by atoms with E-state index in [9.17, 15) is 14.7 Å². The summed E-state index contributed by atoms with van der Waals surface area (Å²) in [6, 6.07) is 8.46. The lowest BCUT2D eigenvalue weighted by atomic mass is 9.99. The second-order valence-electron chi connectivity index (χ2n) is 5.75. The highest BCUT2D eigenvalue weighted by atomic mass is 16.5. The number of esters is 1. The summed E-state index contributed by atoms with van der Waals surface area (Å²) < 4.78 is 5.25. The minimum Gasteiger partial charge on any atom is -0.506 e.